The molecule has 1 atom stereocenters. The molecule has 0 aliphatic rings. The second-order valence-corrected chi connectivity index (χ2v) is 6.13. The van der Waals surface area contributed by atoms with E-state index in [1.165, 1.54) is 0 Å². The molecule has 0 saturated carbocycles. The number of anilines is 1. The van der Waals surface area contributed by atoms with E-state index in [4.69, 9.17) is 4.74 Å². The standard InChI is InChI=1S/C13H23N3O3S/c1-4-7-11(10-19-3)16-20(17,18)12-8-6-9-15-13(12)14-5-2/h6,8-9,11,16H,4-5,7,10H2,1-3H3,(H,14,15). The van der Waals surface area contributed by atoms with Crippen molar-refractivity contribution in [2.75, 3.05) is 25.6 Å². The molecule has 20 heavy (non-hydrogen) atoms. The zero-order chi connectivity index (χ0) is 15.0. The first-order chi connectivity index (χ1) is 9.55. The van der Waals surface area contributed by atoms with Crippen molar-refractivity contribution in [3.05, 3.63) is 18.3 Å². The molecule has 0 saturated heterocycles. The van der Waals surface area contributed by atoms with Crippen molar-refractivity contribution in [1.82, 2.24) is 9.71 Å². The number of rotatable bonds is 9. The summed E-state index contributed by atoms with van der Waals surface area (Å²) in [5, 5.41) is 2.96. The molecule has 0 spiro atoms. The van der Waals surface area contributed by atoms with Crippen LogP contribution < -0.4 is 10.0 Å². The van der Waals surface area contributed by atoms with Crippen LogP contribution in [-0.4, -0.2) is 39.7 Å². The third kappa shape index (κ3) is 4.73. The van der Waals surface area contributed by atoms with Gasteiger partial charge in [-0.05, 0) is 25.5 Å². The Kier molecular flexibility index (Phi) is 6.90. The second kappa shape index (κ2) is 8.18. The van der Waals surface area contributed by atoms with Crippen LogP contribution in [0.3, 0.4) is 0 Å². The molecule has 6 nitrogen and oxygen atoms in total. The second-order valence-electron chi connectivity index (χ2n) is 4.44. The van der Waals surface area contributed by atoms with Crippen molar-refractivity contribution in [3.63, 3.8) is 0 Å². The molecular formula is C13H23N3O3S. The van der Waals surface area contributed by atoms with Crippen LogP contribution in [0.4, 0.5) is 5.82 Å². The lowest BCUT2D eigenvalue weighted by atomic mass is 10.2. The highest BCUT2D eigenvalue weighted by Crippen LogP contribution is 2.18. The van der Waals surface area contributed by atoms with E-state index in [2.05, 4.69) is 15.0 Å². The van der Waals surface area contributed by atoms with E-state index < -0.39 is 10.0 Å². The topological polar surface area (TPSA) is 80.3 Å². The molecule has 1 heterocycles. The van der Waals surface area contributed by atoms with Gasteiger partial charge in [0.05, 0.1) is 6.61 Å². The number of nitrogens with zero attached hydrogens (tertiary/aromatic N) is 1. The number of methoxy groups -OCH3 is 1. The van der Waals surface area contributed by atoms with Crippen LogP contribution in [0.2, 0.25) is 0 Å². The van der Waals surface area contributed by atoms with E-state index in [0.29, 0.717) is 19.0 Å². The Bertz CT molecular complexity index is 499. The van der Waals surface area contributed by atoms with E-state index >= 15 is 0 Å². The predicted molar refractivity (Wildman–Crippen MR) is 79.3 cm³/mol. The van der Waals surface area contributed by atoms with E-state index in [1.54, 1.807) is 25.4 Å². The maximum Gasteiger partial charge on any atom is 0.244 e. The minimum atomic E-state index is -3.61. The summed E-state index contributed by atoms with van der Waals surface area (Å²) in [6, 6.07) is 2.92. The third-order valence-electron chi connectivity index (χ3n) is 2.73. The highest BCUT2D eigenvalue weighted by atomic mass is 32.2. The van der Waals surface area contributed by atoms with Gasteiger partial charge in [-0.25, -0.2) is 18.1 Å². The Morgan fingerprint density at radius 1 is 1.40 bits per heavy atom. The number of hydrogen-bond acceptors (Lipinski definition) is 5. The van der Waals surface area contributed by atoms with Gasteiger partial charge in [0.25, 0.3) is 0 Å². The molecule has 0 aliphatic carbocycles. The Labute approximate surface area is 121 Å². The fourth-order valence-corrected chi connectivity index (χ4v) is 3.31. The smallest absolute Gasteiger partial charge is 0.244 e. The van der Waals surface area contributed by atoms with Crippen LogP contribution in [0.5, 0.6) is 0 Å². The molecule has 0 radical (unpaired) electrons. The number of ether oxygens (including phenoxy) is 1. The highest BCUT2D eigenvalue weighted by molar-refractivity contribution is 7.89. The van der Waals surface area contributed by atoms with Gasteiger partial charge in [-0.3, -0.25) is 0 Å². The zero-order valence-electron chi connectivity index (χ0n) is 12.2. The minimum Gasteiger partial charge on any atom is -0.383 e. The van der Waals surface area contributed by atoms with Gasteiger partial charge >= 0.3 is 0 Å². The Hall–Kier alpha value is -1.18. The predicted octanol–water partition coefficient (Wildman–Crippen LogP) is 1.61. The summed E-state index contributed by atoms with van der Waals surface area (Å²) in [4.78, 5) is 4.24. The summed E-state index contributed by atoms with van der Waals surface area (Å²) in [5.41, 5.74) is 0. The normalized spacial score (nSPS) is 13.2. The molecule has 0 fully saturated rings. The van der Waals surface area contributed by atoms with Crippen LogP contribution >= 0.6 is 0 Å². The van der Waals surface area contributed by atoms with Gasteiger partial charge in [-0.1, -0.05) is 13.3 Å². The molecule has 2 N–H and O–H groups in total. The first-order valence-electron chi connectivity index (χ1n) is 6.75. The van der Waals surface area contributed by atoms with Gasteiger partial charge in [0.15, 0.2) is 0 Å². The lowest BCUT2D eigenvalue weighted by Crippen LogP contribution is -2.38. The van der Waals surface area contributed by atoms with Gasteiger partial charge in [0, 0.05) is 25.9 Å². The third-order valence-corrected chi connectivity index (χ3v) is 4.28. The molecule has 1 aromatic heterocycles. The number of pyridine rings is 1. The summed E-state index contributed by atoms with van der Waals surface area (Å²) in [6.07, 6.45) is 3.17. The average Bonchev–Trinajstić information content (AvgIpc) is 2.40. The summed E-state index contributed by atoms with van der Waals surface area (Å²) in [7, 11) is -2.05. The number of sulfonamides is 1. The fraction of sp³-hybridized carbons (Fsp3) is 0.615. The number of aromatic nitrogens is 1. The van der Waals surface area contributed by atoms with Crippen molar-refractivity contribution >= 4 is 15.8 Å². The fourth-order valence-electron chi connectivity index (χ4n) is 1.92. The Morgan fingerprint density at radius 2 is 2.15 bits per heavy atom. The van der Waals surface area contributed by atoms with E-state index in [0.717, 1.165) is 12.8 Å². The van der Waals surface area contributed by atoms with Crippen molar-refractivity contribution in [2.24, 2.45) is 0 Å². The van der Waals surface area contributed by atoms with E-state index in [9.17, 15) is 8.42 Å². The van der Waals surface area contributed by atoms with Crippen LogP contribution in [0.25, 0.3) is 0 Å². The highest BCUT2D eigenvalue weighted by Gasteiger charge is 2.22. The molecule has 0 aromatic carbocycles. The molecule has 0 amide bonds. The lowest BCUT2D eigenvalue weighted by molar-refractivity contribution is 0.171. The summed E-state index contributed by atoms with van der Waals surface area (Å²) < 4.78 is 32.6. The molecule has 0 bridgehead atoms. The van der Waals surface area contributed by atoms with Crippen molar-refractivity contribution in [2.45, 2.75) is 37.6 Å². The molecule has 7 heteroatoms. The number of hydrogen-bond donors (Lipinski definition) is 2. The molecular weight excluding hydrogens is 278 g/mol. The average molecular weight is 301 g/mol. The first-order valence-corrected chi connectivity index (χ1v) is 8.23. The van der Waals surface area contributed by atoms with Crippen LogP contribution in [-0.2, 0) is 14.8 Å². The number of nitrogens with one attached hydrogen (secondary N) is 2. The SMILES string of the molecule is CCCC(COC)NS(=O)(=O)c1cccnc1NCC. The van der Waals surface area contributed by atoms with Gasteiger partial charge in [-0.15, -0.1) is 0 Å². The van der Waals surface area contributed by atoms with Gasteiger partial charge in [0.2, 0.25) is 10.0 Å². The molecule has 1 unspecified atom stereocenters. The van der Waals surface area contributed by atoms with Crippen molar-refractivity contribution in [3.8, 4) is 0 Å². The Morgan fingerprint density at radius 3 is 2.75 bits per heavy atom. The van der Waals surface area contributed by atoms with Gasteiger partial charge in [-0.2, -0.15) is 0 Å². The summed E-state index contributed by atoms with van der Waals surface area (Å²) in [5.74, 6) is 0.371. The van der Waals surface area contributed by atoms with Gasteiger partial charge < -0.3 is 10.1 Å². The van der Waals surface area contributed by atoms with Crippen LogP contribution in [0, 0.1) is 0 Å². The molecule has 0 aliphatic heterocycles. The first kappa shape index (κ1) is 16.9. The zero-order valence-corrected chi connectivity index (χ0v) is 13.0. The van der Waals surface area contributed by atoms with Crippen molar-refractivity contribution < 1.29 is 13.2 Å². The van der Waals surface area contributed by atoms with Gasteiger partial charge in [0.1, 0.15) is 10.7 Å². The summed E-state index contributed by atoms with van der Waals surface area (Å²) >= 11 is 0. The quantitative estimate of drug-likeness (QED) is 0.724. The summed E-state index contributed by atoms with van der Waals surface area (Å²) in [6.45, 7) is 4.86. The van der Waals surface area contributed by atoms with Crippen molar-refractivity contribution in [1.29, 1.82) is 0 Å². The van der Waals surface area contributed by atoms with Crippen LogP contribution in [0.15, 0.2) is 23.2 Å². The molecule has 1 aromatic rings. The van der Waals surface area contributed by atoms with E-state index in [-0.39, 0.29) is 10.9 Å². The molecule has 1 rings (SSSR count). The largest absolute Gasteiger partial charge is 0.383 e. The Balaban J connectivity index is 2.97. The maximum atomic E-state index is 12.4. The molecule has 114 valence electrons. The van der Waals surface area contributed by atoms with Crippen LogP contribution in [0.1, 0.15) is 26.7 Å². The lowest BCUT2D eigenvalue weighted by Gasteiger charge is -2.18. The maximum absolute atomic E-state index is 12.4. The minimum absolute atomic E-state index is 0.166. The van der Waals surface area contributed by atoms with E-state index in [1.807, 2.05) is 13.8 Å². The monoisotopic (exact) mass is 301 g/mol.